The molecule has 5 nitrogen and oxygen atoms in total. The van der Waals surface area contributed by atoms with Crippen molar-refractivity contribution in [2.75, 3.05) is 13.1 Å². The molecule has 2 rings (SSSR count). The fourth-order valence-electron chi connectivity index (χ4n) is 2.61. The van der Waals surface area contributed by atoms with Crippen molar-refractivity contribution in [2.45, 2.75) is 39.9 Å². The summed E-state index contributed by atoms with van der Waals surface area (Å²) in [5, 5.41) is 0. The zero-order valence-electron chi connectivity index (χ0n) is 14.2. The van der Waals surface area contributed by atoms with Crippen LogP contribution in [-0.4, -0.2) is 35.7 Å². The molecule has 0 aliphatic carbocycles. The highest BCUT2D eigenvalue weighted by atomic mass is 16.6. The van der Waals surface area contributed by atoms with Crippen molar-refractivity contribution in [3.63, 3.8) is 0 Å². The Kier molecular flexibility index (Phi) is 5.29. The van der Waals surface area contributed by atoms with Gasteiger partial charge in [-0.15, -0.1) is 0 Å². The topological polar surface area (TPSA) is 55.8 Å². The second-order valence-corrected chi connectivity index (χ2v) is 7.06. The number of hydrogen-bond donors (Lipinski definition) is 0. The van der Waals surface area contributed by atoms with Crippen LogP contribution in [0, 0.1) is 11.8 Å². The average molecular weight is 319 g/mol. The third-order valence-corrected chi connectivity index (χ3v) is 3.79. The lowest BCUT2D eigenvalue weighted by Crippen LogP contribution is -2.33. The molecule has 23 heavy (non-hydrogen) atoms. The summed E-state index contributed by atoms with van der Waals surface area (Å²) in [5.41, 5.74) is 0.426. The molecule has 1 aromatic carbocycles. The lowest BCUT2D eigenvalue weighted by atomic mass is 9.98. The minimum Gasteiger partial charge on any atom is -0.460 e. The fourth-order valence-corrected chi connectivity index (χ4v) is 2.61. The number of hydrogen-bond acceptors (Lipinski definition) is 4. The number of rotatable bonds is 3. The second-order valence-electron chi connectivity index (χ2n) is 7.06. The van der Waals surface area contributed by atoms with E-state index in [1.54, 1.807) is 4.90 Å². The first-order chi connectivity index (χ1) is 10.8. The van der Waals surface area contributed by atoms with Gasteiger partial charge in [0, 0.05) is 13.1 Å². The minimum absolute atomic E-state index is 0.0640. The molecule has 0 saturated carbocycles. The molecule has 1 aliphatic rings. The smallest absolute Gasteiger partial charge is 0.410 e. The van der Waals surface area contributed by atoms with E-state index < -0.39 is 5.60 Å². The van der Waals surface area contributed by atoms with E-state index in [-0.39, 0.29) is 30.5 Å². The van der Waals surface area contributed by atoms with E-state index in [0.29, 0.717) is 13.1 Å². The number of benzene rings is 1. The van der Waals surface area contributed by atoms with E-state index in [1.807, 2.05) is 58.0 Å². The maximum Gasteiger partial charge on any atom is 0.410 e. The van der Waals surface area contributed by atoms with E-state index in [1.165, 1.54) is 0 Å². The molecule has 5 heteroatoms. The first-order valence-corrected chi connectivity index (χ1v) is 7.95. The first kappa shape index (κ1) is 17.3. The average Bonchev–Trinajstić information content (AvgIpc) is 2.86. The Morgan fingerprint density at radius 3 is 2.43 bits per heavy atom. The Bertz CT molecular complexity index is 550. The number of amides is 1. The lowest BCUT2D eigenvalue weighted by Gasteiger charge is -2.23. The third kappa shape index (κ3) is 4.98. The number of ether oxygens (including phenoxy) is 2. The molecule has 1 saturated heterocycles. The van der Waals surface area contributed by atoms with Gasteiger partial charge < -0.3 is 14.4 Å². The molecule has 1 aromatic rings. The fraction of sp³-hybridized carbons (Fsp3) is 0.556. The standard InChI is InChI=1S/C18H25NO4/c1-13-10-19(11-15(13)16(20)23-18(2,3)4)17(21)22-12-14-8-6-5-7-9-14/h5-9,13,15H,10-12H2,1-4H3/t13-,15+/m1/s1. The van der Waals surface area contributed by atoms with Gasteiger partial charge in [-0.3, -0.25) is 4.79 Å². The summed E-state index contributed by atoms with van der Waals surface area (Å²) in [6, 6.07) is 9.53. The molecule has 2 atom stereocenters. The van der Waals surface area contributed by atoms with Crippen LogP contribution in [0.1, 0.15) is 33.3 Å². The second kappa shape index (κ2) is 7.02. The maximum atomic E-state index is 12.2. The SMILES string of the molecule is C[C@@H]1CN(C(=O)OCc2ccccc2)C[C@@H]1C(=O)OC(C)(C)C. The van der Waals surface area contributed by atoms with Gasteiger partial charge in [-0.25, -0.2) is 4.79 Å². The van der Waals surface area contributed by atoms with Gasteiger partial charge in [0.25, 0.3) is 0 Å². The number of nitrogens with zero attached hydrogens (tertiary/aromatic N) is 1. The first-order valence-electron chi connectivity index (χ1n) is 7.95. The van der Waals surface area contributed by atoms with Gasteiger partial charge in [-0.05, 0) is 32.3 Å². The molecule has 0 spiro atoms. The van der Waals surface area contributed by atoms with Crippen molar-refractivity contribution in [1.29, 1.82) is 0 Å². The van der Waals surface area contributed by atoms with E-state index >= 15 is 0 Å². The zero-order chi connectivity index (χ0) is 17.0. The van der Waals surface area contributed by atoms with Gasteiger partial charge in [0.15, 0.2) is 0 Å². The predicted molar refractivity (Wildman–Crippen MR) is 86.7 cm³/mol. The molecule has 0 aromatic heterocycles. The van der Waals surface area contributed by atoms with Gasteiger partial charge in [0.1, 0.15) is 12.2 Å². The van der Waals surface area contributed by atoms with Gasteiger partial charge in [0.2, 0.25) is 0 Å². The van der Waals surface area contributed by atoms with E-state index in [9.17, 15) is 9.59 Å². The van der Waals surface area contributed by atoms with Crippen LogP contribution in [0.3, 0.4) is 0 Å². The summed E-state index contributed by atoms with van der Waals surface area (Å²) >= 11 is 0. The number of carbonyl (C=O) groups excluding carboxylic acids is 2. The van der Waals surface area contributed by atoms with Crippen LogP contribution in [0.25, 0.3) is 0 Å². The Morgan fingerprint density at radius 1 is 1.17 bits per heavy atom. The van der Waals surface area contributed by atoms with Crippen molar-refractivity contribution >= 4 is 12.1 Å². The van der Waals surface area contributed by atoms with Crippen LogP contribution >= 0.6 is 0 Å². The van der Waals surface area contributed by atoms with Gasteiger partial charge in [0.05, 0.1) is 5.92 Å². The molecular formula is C18H25NO4. The molecule has 0 radical (unpaired) electrons. The highest BCUT2D eigenvalue weighted by Crippen LogP contribution is 2.26. The summed E-state index contributed by atoms with van der Waals surface area (Å²) < 4.78 is 10.8. The van der Waals surface area contributed by atoms with Crippen molar-refractivity contribution < 1.29 is 19.1 Å². The molecule has 1 amide bonds. The largest absolute Gasteiger partial charge is 0.460 e. The van der Waals surface area contributed by atoms with Crippen molar-refractivity contribution in [3.05, 3.63) is 35.9 Å². The number of likely N-dealkylation sites (tertiary alicyclic amines) is 1. The molecular weight excluding hydrogens is 294 g/mol. The van der Waals surface area contributed by atoms with Crippen molar-refractivity contribution in [3.8, 4) is 0 Å². The Hall–Kier alpha value is -2.04. The van der Waals surface area contributed by atoms with Crippen LogP contribution < -0.4 is 0 Å². The van der Waals surface area contributed by atoms with Crippen LogP contribution in [-0.2, 0) is 20.9 Å². The lowest BCUT2D eigenvalue weighted by molar-refractivity contribution is -0.160. The summed E-state index contributed by atoms with van der Waals surface area (Å²) in [6.07, 6.45) is -0.383. The van der Waals surface area contributed by atoms with Crippen LogP contribution in [0.5, 0.6) is 0 Å². The molecule has 1 aliphatic heterocycles. The summed E-state index contributed by atoms with van der Waals surface area (Å²) in [6.45, 7) is 8.59. The molecule has 0 N–H and O–H groups in total. The number of carbonyl (C=O) groups is 2. The minimum atomic E-state index is -0.516. The summed E-state index contributed by atoms with van der Waals surface area (Å²) in [5.74, 6) is -0.476. The van der Waals surface area contributed by atoms with E-state index in [4.69, 9.17) is 9.47 Å². The summed E-state index contributed by atoms with van der Waals surface area (Å²) in [4.78, 5) is 26.0. The predicted octanol–water partition coefficient (Wildman–Crippen LogP) is 3.23. The van der Waals surface area contributed by atoms with E-state index in [2.05, 4.69) is 0 Å². The van der Waals surface area contributed by atoms with Gasteiger partial charge >= 0.3 is 12.1 Å². The molecule has 0 unspecified atom stereocenters. The Labute approximate surface area is 137 Å². The monoisotopic (exact) mass is 319 g/mol. The number of esters is 1. The Morgan fingerprint density at radius 2 is 1.83 bits per heavy atom. The summed E-state index contributed by atoms with van der Waals surface area (Å²) in [7, 11) is 0. The molecule has 126 valence electrons. The van der Waals surface area contributed by atoms with Crippen LogP contribution in [0.15, 0.2) is 30.3 Å². The Balaban J connectivity index is 1.87. The maximum absolute atomic E-state index is 12.2. The molecule has 0 bridgehead atoms. The zero-order valence-corrected chi connectivity index (χ0v) is 14.2. The highest BCUT2D eigenvalue weighted by Gasteiger charge is 2.39. The normalized spacial score (nSPS) is 21.1. The third-order valence-electron chi connectivity index (χ3n) is 3.79. The molecule has 1 heterocycles. The molecule has 1 fully saturated rings. The van der Waals surface area contributed by atoms with Gasteiger partial charge in [-0.2, -0.15) is 0 Å². The van der Waals surface area contributed by atoms with Crippen LogP contribution in [0.4, 0.5) is 4.79 Å². The van der Waals surface area contributed by atoms with Gasteiger partial charge in [-0.1, -0.05) is 37.3 Å². The highest BCUT2D eigenvalue weighted by molar-refractivity contribution is 5.76. The van der Waals surface area contributed by atoms with Crippen LogP contribution in [0.2, 0.25) is 0 Å². The van der Waals surface area contributed by atoms with Crippen molar-refractivity contribution in [2.24, 2.45) is 11.8 Å². The van der Waals surface area contributed by atoms with E-state index in [0.717, 1.165) is 5.56 Å². The van der Waals surface area contributed by atoms with Crippen molar-refractivity contribution in [1.82, 2.24) is 4.90 Å². The quantitative estimate of drug-likeness (QED) is 0.803.